The molecule has 2 aliphatic rings. The Labute approximate surface area is 90.2 Å². The molecule has 2 rings (SSSR count). The third kappa shape index (κ3) is 2.32. The predicted octanol–water partition coefficient (Wildman–Crippen LogP) is 0.396. The van der Waals surface area contributed by atoms with Crippen molar-refractivity contribution >= 4 is 5.91 Å². The van der Waals surface area contributed by atoms with Crippen LogP contribution in [-0.2, 0) is 9.53 Å². The van der Waals surface area contributed by atoms with Gasteiger partial charge < -0.3 is 14.7 Å². The third-order valence-electron chi connectivity index (χ3n) is 3.36. The summed E-state index contributed by atoms with van der Waals surface area (Å²) in [4.78, 5) is 13.3. The number of likely N-dealkylation sites (tertiary alicyclic amines) is 1. The molecule has 4 heteroatoms. The molecule has 86 valence electrons. The van der Waals surface area contributed by atoms with Crippen molar-refractivity contribution in [1.82, 2.24) is 4.90 Å². The molecular formula is C11H19NO3. The topological polar surface area (TPSA) is 49.8 Å². The standard InChI is InChI=1S/C11H19NO3/c1-15-6-2-3-10(13)12-7-11(14,8-12)9-4-5-9/h9,14H,2-8H2,1H3. The van der Waals surface area contributed by atoms with Crippen molar-refractivity contribution in [2.24, 2.45) is 5.92 Å². The van der Waals surface area contributed by atoms with Crippen molar-refractivity contribution in [2.45, 2.75) is 31.3 Å². The average molecular weight is 213 g/mol. The number of rotatable bonds is 5. The van der Waals surface area contributed by atoms with Crippen LogP contribution in [0, 0.1) is 5.92 Å². The van der Waals surface area contributed by atoms with E-state index in [1.54, 1.807) is 12.0 Å². The van der Waals surface area contributed by atoms with Crippen LogP contribution in [0.3, 0.4) is 0 Å². The minimum Gasteiger partial charge on any atom is -0.386 e. The van der Waals surface area contributed by atoms with E-state index in [0.717, 1.165) is 19.3 Å². The second-order valence-corrected chi connectivity index (χ2v) is 4.72. The number of carbonyl (C=O) groups is 1. The van der Waals surface area contributed by atoms with Crippen LogP contribution in [0.1, 0.15) is 25.7 Å². The molecule has 0 unspecified atom stereocenters. The zero-order valence-corrected chi connectivity index (χ0v) is 9.24. The molecule has 1 heterocycles. The molecule has 0 bridgehead atoms. The summed E-state index contributed by atoms with van der Waals surface area (Å²) in [7, 11) is 1.64. The van der Waals surface area contributed by atoms with Gasteiger partial charge in [-0.25, -0.2) is 0 Å². The maximum absolute atomic E-state index is 11.6. The van der Waals surface area contributed by atoms with Gasteiger partial charge in [0, 0.05) is 20.1 Å². The number of nitrogens with zero attached hydrogens (tertiary/aromatic N) is 1. The molecule has 1 saturated heterocycles. The van der Waals surface area contributed by atoms with E-state index in [1.165, 1.54) is 0 Å². The molecule has 0 aromatic carbocycles. The lowest BCUT2D eigenvalue weighted by molar-refractivity contribution is -0.159. The van der Waals surface area contributed by atoms with E-state index in [9.17, 15) is 9.90 Å². The molecule has 1 aliphatic heterocycles. The van der Waals surface area contributed by atoms with Crippen molar-refractivity contribution < 1.29 is 14.6 Å². The third-order valence-corrected chi connectivity index (χ3v) is 3.36. The van der Waals surface area contributed by atoms with Crippen LogP contribution in [-0.4, -0.2) is 48.3 Å². The quantitative estimate of drug-likeness (QED) is 0.672. The zero-order chi connectivity index (χ0) is 10.9. The van der Waals surface area contributed by atoms with E-state index in [-0.39, 0.29) is 5.91 Å². The van der Waals surface area contributed by atoms with E-state index >= 15 is 0 Å². The SMILES string of the molecule is COCCCC(=O)N1CC(O)(C2CC2)C1. The number of hydrogen-bond donors (Lipinski definition) is 1. The Kier molecular flexibility index (Phi) is 2.98. The monoisotopic (exact) mass is 213 g/mol. The van der Waals surface area contributed by atoms with E-state index in [0.29, 0.717) is 32.0 Å². The Bertz CT molecular complexity index is 244. The predicted molar refractivity (Wildman–Crippen MR) is 55.4 cm³/mol. The summed E-state index contributed by atoms with van der Waals surface area (Å²) < 4.78 is 4.89. The van der Waals surface area contributed by atoms with E-state index < -0.39 is 5.60 Å². The highest BCUT2D eigenvalue weighted by atomic mass is 16.5. The van der Waals surface area contributed by atoms with Crippen LogP contribution in [0.15, 0.2) is 0 Å². The minimum atomic E-state index is -0.545. The van der Waals surface area contributed by atoms with Crippen LogP contribution in [0.4, 0.5) is 0 Å². The maximum atomic E-state index is 11.6. The van der Waals surface area contributed by atoms with Crippen LogP contribution in [0.25, 0.3) is 0 Å². The highest BCUT2D eigenvalue weighted by molar-refractivity contribution is 5.77. The summed E-state index contributed by atoms with van der Waals surface area (Å²) in [5.41, 5.74) is -0.545. The number of β-amino-alcohol motifs (C(OH)–C–C–N with tert-alkyl or cyclic N) is 1. The van der Waals surface area contributed by atoms with Gasteiger partial charge in [0.1, 0.15) is 5.60 Å². The number of carbonyl (C=O) groups excluding carboxylic acids is 1. The molecule has 0 spiro atoms. The summed E-state index contributed by atoms with van der Waals surface area (Å²) in [6.45, 7) is 1.72. The highest BCUT2D eigenvalue weighted by Gasteiger charge is 2.52. The fourth-order valence-electron chi connectivity index (χ4n) is 2.20. The minimum absolute atomic E-state index is 0.150. The first-order chi connectivity index (χ1) is 7.15. The van der Waals surface area contributed by atoms with Crippen LogP contribution in [0.5, 0.6) is 0 Å². The number of amides is 1. The fraction of sp³-hybridized carbons (Fsp3) is 0.909. The molecule has 1 N–H and O–H groups in total. The molecule has 4 nitrogen and oxygen atoms in total. The number of aliphatic hydroxyl groups is 1. The van der Waals surface area contributed by atoms with E-state index in [1.807, 2.05) is 0 Å². The molecule has 15 heavy (non-hydrogen) atoms. The smallest absolute Gasteiger partial charge is 0.222 e. The Morgan fingerprint density at radius 1 is 1.53 bits per heavy atom. The Morgan fingerprint density at radius 2 is 2.20 bits per heavy atom. The largest absolute Gasteiger partial charge is 0.386 e. The molecule has 0 aromatic rings. The fourth-order valence-corrected chi connectivity index (χ4v) is 2.20. The summed E-state index contributed by atoms with van der Waals surface area (Å²) in [6.07, 6.45) is 3.56. The Balaban J connectivity index is 1.67. The second kappa shape index (κ2) is 4.10. The molecule has 0 atom stereocenters. The van der Waals surface area contributed by atoms with Gasteiger partial charge in [-0.3, -0.25) is 4.79 Å². The highest BCUT2D eigenvalue weighted by Crippen LogP contribution is 2.44. The molecule has 0 aromatic heterocycles. The van der Waals surface area contributed by atoms with Gasteiger partial charge in [0.2, 0.25) is 5.91 Å². The molecule has 1 saturated carbocycles. The number of methoxy groups -OCH3 is 1. The lowest BCUT2D eigenvalue weighted by atomic mass is 9.88. The molecule has 2 fully saturated rings. The average Bonchev–Trinajstić information content (AvgIpc) is 2.96. The first-order valence-electron chi connectivity index (χ1n) is 5.65. The first-order valence-corrected chi connectivity index (χ1v) is 5.65. The van der Waals surface area contributed by atoms with Gasteiger partial charge in [-0.15, -0.1) is 0 Å². The van der Waals surface area contributed by atoms with Crippen molar-refractivity contribution in [3.05, 3.63) is 0 Å². The van der Waals surface area contributed by atoms with Gasteiger partial charge in [0.15, 0.2) is 0 Å². The van der Waals surface area contributed by atoms with Crippen LogP contribution < -0.4 is 0 Å². The molecule has 1 amide bonds. The lowest BCUT2D eigenvalue weighted by Crippen LogP contribution is -2.64. The Hall–Kier alpha value is -0.610. The van der Waals surface area contributed by atoms with E-state index in [4.69, 9.17) is 4.74 Å². The summed E-state index contributed by atoms with van der Waals surface area (Å²) in [5, 5.41) is 10.0. The second-order valence-electron chi connectivity index (χ2n) is 4.72. The number of hydrogen-bond acceptors (Lipinski definition) is 3. The van der Waals surface area contributed by atoms with Crippen LogP contribution in [0.2, 0.25) is 0 Å². The van der Waals surface area contributed by atoms with Gasteiger partial charge in [0.05, 0.1) is 13.1 Å². The first kappa shape index (κ1) is 10.9. The summed E-state index contributed by atoms with van der Waals surface area (Å²) in [6, 6.07) is 0. The van der Waals surface area contributed by atoms with Gasteiger partial charge >= 0.3 is 0 Å². The van der Waals surface area contributed by atoms with Gasteiger partial charge in [0.25, 0.3) is 0 Å². The maximum Gasteiger partial charge on any atom is 0.222 e. The van der Waals surface area contributed by atoms with Crippen molar-refractivity contribution in [3.8, 4) is 0 Å². The van der Waals surface area contributed by atoms with Crippen molar-refractivity contribution in [1.29, 1.82) is 0 Å². The summed E-state index contributed by atoms with van der Waals surface area (Å²) >= 11 is 0. The molecule has 1 aliphatic carbocycles. The van der Waals surface area contributed by atoms with Gasteiger partial charge in [-0.1, -0.05) is 0 Å². The number of ether oxygens (including phenoxy) is 1. The van der Waals surface area contributed by atoms with Gasteiger partial charge in [-0.2, -0.15) is 0 Å². The zero-order valence-electron chi connectivity index (χ0n) is 9.24. The van der Waals surface area contributed by atoms with Crippen LogP contribution >= 0.6 is 0 Å². The summed E-state index contributed by atoms with van der Waals surface area (Å²) in [5.74, 6) is 0.609. The molecular weight excluding hydrogens is 194 g/mol. The van der Waals surface area contributed by atoms with Crippen molar-refractivity contribution in [2.75, 3.05) is 26.8 Å². The van der Waals surface area contributed by atoms with E-state index in [2.05, 4.69) is 0 Å². The molecule has 0 radical (unpaired) electrons. The normalized spacial score (nSPS) is 23.7. The van der Waals surface area contributed by atoms with Gasteiger partial charge in [-0.05, 0) is 25.2 Å². The lowest BCUT2D eigenvalue weighted by Gasteiger charge is -2.47. The Morgan fingerprint density at radius 3 is 2.73 bits per heavy atom. The van der Waals surface area contributed by atoms with Crippen molar-refractivity contribution in [3.63, 3.8) is 0 Å².